The Kier molecular flexibility index (Phi) is 5.68. The van der Waals surface area contributed by atoms with Crippen LogP contribution < -0.4 is 5.73 Å². The van der Waals surface area contributed by atoms with E-state index >= 15 is 0 Å². The minimum atomic E-state index is -1.14. The number of thioether (sulfide) groups is 1. The molecule has 0 radical (unpaired) electrons. The molecular weight excluding hydrogens is 424 g/mol. The quantitative estimate of drug-likeness (QED) is 0.434. The Morgan fingerprint density at radius 1 is 1.76 bits per heavy atom. The lowest BCUT2D eigenvalue weighted by Gasteiger charge is -2.12. The lowest BCUT2D eigenvalue weighted by Crippen LogP contribution is -2.17. The summed E-state index contributed by atoms with van der Waals surface area (Å²) in [7, 11) is 0. The van der Waals surface area contributed by atoms with Gasteiger partial charge in [-0.15, -0.1) is 11.8 Å². The summed E-state index contributed by atoms with van der Waals surface area (Å²) < 4.78 is 14.4. The fourth-order valence-electron chi connectivity index (χ4n) is 1.08. The number of carboxylic acid groups (broad SMARTS) is 1. The Balaban J connectivity index is 3.22. The number of rotatable bonds is 4. The SMILES string of the molecule is CC(N)CSc1c(Br)c(F)cc(C(=O)O)c1I. The van der Waals surface area contributed by atoms with Gasteiger partial charge in [0.15, 0.2) is 0 Å². The summed E-state index contributed by atoms with van der Waals surface area (Å²) in [6.45, 7) is 1.84. The first-order chi connectivity index (χ1) is 7.84. The van der Waals surface area contributed by atoms with E-state index in [-0.39, 0.29) is 16.1 Å². The molecule has 0 aliphatic rings. The van der Waals surface area contributed by atoms with Crippen molar-refractivity contribution in [1.82, 2.24) is 0 Å². The first kappa shape index (κ1) is 15.2. The van der Waals surface area contributed by atoms with Crippen LogP contribution in [0, 0.1) is 9.39 Å². The van der Waals surface area contributed by atoms with Crippen LogP contribution in [0.1, 0.15) is 17.3 Å². The van der Waals surface area contributed by atoms with Gasteiger partial charge in [-0.25, -0.2) is 9.18 Å². The molecule has 0 aliphatic heterocycles. The molecule has 1 unspecified atom stereocenters. The van der Waals surface area contributed by atoms with Gasteiger partial charge in [-0.05, 0) is 51.5 Å². The molecule has 1 rings (SSSR count). The predicted molar refractivity (Wildman–Crippen MR) is 78.1 cm³/mol. The van der Waals surface area contributed by atoms with E-state index in [0.29, 0.717) is 14.2 Å². The van der Waals surface area contributed by atoms with Crippen LogP contribution in [0.15, 0.2) is 15.4 Å². The minimum absolute atomic E-state index is 0.0292. The molecule has 0 saturated carbocycles. The van der Waals surface area contributed by atoms with Gasteiger partial charge in [0.2, 0.25) is 0 Å². The number of aromatic carboxylic acids is 1. The van der Waals surface area contributed by atoms with Crippen molar-refractivity contribution in [2.75, 3.05) is 5.75 Å². The standard InChI is InChI=1S/C10H10BrFINO2S/c1-4(14)3-17-9-7(11)6(12)2-5(8(9)13)10(15)16/h2,4H,3,14H2,1H3,(H,15,16). The molecule has 94 valence electrons. The second-order valence-electron chi connectivity index (χ2n) is 3.46. The van der Waals surface area contributed by atoms with Gasteiger partial charge in [-0.3, -0.25) is 0 Å². The molecule has 0 heterocycles. The van der Waals surface area contributed by atoms with Crippen molar-refractivity contribution in [2.45, 2.75) is 17.9 Å². The molecule has 1 aromatic carbocycles. The second-order valence-corrected chi connectivity index (χ2v) is 6.36. The van der Waals surface area contributed by atoms with Gasteiger partial charge >= 0.3 is 5.97 Å². The van der Waals surface area contributed by atoms with Crippen molar-refractivity contribution in [1.29, 1.82) is 0 Å². The number of hydrogen-bond acceptors (Lipinski definition) is 3. The molecule has 0 amide bonds. The lowest BCUT2D eigenvalue weighted by atomic mass is 10.2. The fourth-order valence-corrected chi connectivity index (χ4v) is 4.12. The van der Waals surface area contributed by atoms with Crippen LogP contribution in [0.25, 0.3) is 0 Å². The molecule has 3 N–H and O–H groups in total. The zero-order valence-corrected chi connectivity index (χ0v) is 13.4. The van der Waals surface area contributed by atoms with Gasteiger partial charge in [0, 0.05) is 20.3 Å². The Morgan fingerprint density at radius 3 is 2.82 bits per heavy atom. The van der Waals surface area contributed by atoms with Crippen LogP contribution in [0.2, 0.25) is 0 Å². The van der Waals surface area contributed by atoms with Crippen LogP contribution in [0.3, 0.4) is 0 Å². The zero-order chi connectivity index (χ0) is 13.2. The first-order valence-electron chi connectivity index (χ1n) is 4.63. The van der Waals surface area contributed by atoms with E-state index in [0.717, 1.165) is 6.07 Å². The van der Waals surface area contributed by atoms with E-state index in [2.05, 4.69) is 15.9 Å². The number of hydrogen-bond donors (Lipinski definition) is 2. The lowest BCUT2D eigenvalue weighted by molar-refractivity contribution is 0.0694. The summed E-state index contributed by atoms with van der Waals surface area (Å²) in [5.74, 6) is -1.12. The highest BCUT2D eigenvalue weighted by Gasteiger charge is 2.19. The molecule has 7 heteroatoms. The summed E-state index contributed by atoms with van der Waals surface area (Å²) in [5.41, 5.74) is 5.60. The van der Waals surface area contributed by atoms with E-state index in [1.165, 1.54) is 11.8 Å². The molecule has 0 aromatic heterocycles. The van der Waals surface area contributed by atoms with Crippen molar-refractivity contribution < 1.29 is 14.3 Å². The Hall–Kier alpha value is 0.140. The van der Waals surface area contributed by atoms with Crippen LogP contribution in [-0.2, 0) is 0 Å². The molecular formula is C10H10BrFINO2S. The normalized spacial score (nSPS) is 12.5. The average molecular weight is 434 g/mol. The predicted octanol–water partition coefficient (Wildman–Crippen LogP) is 3.33. The molecule has 0 aliphatic carbocycles. The van der Waals surface area contributed by atoms with Gasteiger partial charge in [-0.2, -0.15) is 0 Å². The monoisotopic (exact) mass is 433 g/mol. The largest absolute Gasteiger partial charge is 0.478 e. The average Bonchev–Trinajstić information content (AvgIpc) is 2.22. The Morgan fingerprint density at radius 2 is 2.35 bits per heavy atom. The van der Waals surface area contributed by atoms with Gasteiger partial charge in [0.1, 0.15) is 5.82 Å². The molecule has 0 fully saturated rings. The molecule has 1 aromatic rings. The highest BCUT2D eigenvalue weighted by Crippen LogP contribution is 2.36. The highest BCUT2D eigenvalue weighted by molar-refractivity contribution is 14.1. The van der Waals surface area contributed by atoms with E-state index in [1.807, 2.05) is 29.5 Å². The third-order valence-corrected chi connectivity index (χ3v) is 5.75. The summed E-state index contributed by atoms with van der Waals surface area (Å²) >= 11 is 6.38. The van der Waals surface area contributed by atoms with Crippen molar-refractivity contribution in [3.63, 3.8) is 0 Å². The van der Waals surface area contributed by atoms with Crippen LogP contribution in [-0.4, -0.2) is 22.9 Å². The van der Waals surface area contributed by atoms with E-state index in [1.54, 1.807) is 0 Å². The summed E-state index contributed by atoms with van der Waals surface area (Å²) in [4.78, 5) is 11.5. The molecule has 0 spiro atoms. The Bertz CT molecular complexity index is 456. The molecule has 1 atom stereocenters. The fraction of sp³-hybridized carbons (Fsp3) is 0.300. The smallest absolute Gasteiger partial charge is 0.336 e. The zero-order valence-electron chi connectivity index (χ0n) is 8.84. The molecule has 0 saturated heterocycles. The van der Waals surface area contributed by atoms with E-state index in [9.17, 15) is 9.18 Å². The molecule has 3 nitrogen and oxygen atoms in total. The van der Waals surface area contributed by atoms with Crippen LogP contribution in [0.5, 0.6) is 0 Å². The number of carboxylic acids is 1. The van der Waals surface area contributed by atoms with Crippen molar-refractivity contribution in [2.24, 2.45) is 5.73 Å². The summed E-state index contributed by atoms with van der Waals surface area (Å²) in [6.07, 6.45) is 0. The highest BCUT2D eigenvalue weighted by atomic mass is 127. The van der Waals surface area contributed by atoms with Gasteiger partial charge in [0.25, 0.3) is 0 Å². The number of benzene rings is 1. The number of nitrogens with two attached hydrogens (primary N) is 1. The van der Waals surface area contributed by atoms with Gasteiger partial charge < -0.3 is 10.8 Å². The van der Waals surface area contributed by atoms with E-state index in [4.69, 9.17) is 10.8 Å². The Labute approximate surface area is 125 Å². The van der Waals surface area contributed by atoms with Crippen molar-refractivity contribution >= 4 is 56.3 Å². The van der Waals surface area contributed by atoms with Gasteiger partial charge in [-0.1, -0.05) is 0 Å². The first-order valence-corrected chi connectivity index (χ1v) is 7.49. The number of halogens is 3. The molecule has 0 bridgehead atoms. The third kappa shape index (κ3) is 3.80. The second kappa shape index (κ2) is 6.35. The van der Waals surface area contributed by atoms with Crippen molar-refractivity contribution in [3.05, 3.63) is 25.5 Å². The van der Waals surface area contributed by atoms with Crippen molar-refractivity contribution in [3.8, 4) is 0 Å². The maximum absolute atomic E-state index is 13.5. The van der Waals surface area contributed by atoms with E-state index < -0.39 is 11.8 Å². The maximum atomic E-state index is 13.5. The summed E-state index contributed by atoms with van der Waals surface area (Å²) in [5, 5.41) is 8.96. The van der Waals surface area contributed by atoms with Crippen LogP contribution in [0.4, 0.5) is 4.39 Å². The topological polar surface area (TPSA) is 63.3 Å². The van der Waals surface area contributed by atoms with Crippen LogP contribution >= 0.6 is 50.3 Å². The van der Waals surface area contributed by atoms with Gasteiger partial charge in [0.05, 0.1) is 10.0 Å². The summed E-state index contributed by atoms with van der Waals surface area (Å²) in [6, 6.07) is 0.976. The number of carbonyl (C=O) groups is 1. The molecule has 17 heavy (non-hydrogen) atoms. The maximum Gasteiger partial charge on any atom is 0.336 e. The third-order valence-electron chi connectivity index (χ3n) is 1.84. The minimum Gasteiger partial charge on any atom is -0.478 e.